The lowest BCUT2D eigenvalue weighted by Gasteiger charge is -2.32. The second kappa shape index (κ2) is 8.49. The van der Waals surface area contributed by atoms with Crippen molar-refractivity contribution in [3.8, 4) is 0 Å². The number of carbonyl (C=O) groups is 1. The molecule has 8 heteroatoms. The van der Waals surface area contributed by atoms with Crippen molar-refractivity contribution in [1.82, 2.24) is 14.9 Å². The van der Waals surface area contributed by atoms with Crippen LogP contribution in [-0.2, 0) is 14.8 Å². The Bertz CT molecular complexity index is 778. The molecule has 2 saturated heterocycles. The Hall–Kier alpha value is -1.48. The Morgan fingerprint density at radius 3 is 2.39 bits per heavy atom. The molecule has 3 fully saturated rings. The third-order valence-electron chi connectivity index (χ3n) is 5.88. The fourth-order valence-corrected chi connectivity index (χ4v) is 5.06. The highest BCUT2D eigenvalue weighted by Gasteiger charge is 2.32. The number of piperidine rings is 1. The molecule has 7 nitrogen and oxygen atoms in total. The highest BCUT2D eigenvalue weighted by Crippen LogP contribution is 2.29. The first-order valence-corrected chi connectivity index (χ1v) is 11.8. The molecular formula is C20H29N3O4S. The molecule has 0 radical (unpaired) electrons. The first-order valence-electron chi connectivity index (χ1n) is 10.3. The lowest BCUT2D eigenvalue weighted by Crippen LogP contribution is -2.45. The number of likely N-dealkylation sites (tertiary alicyclic amines) is 1. The van der Waals surface area contributed by atoms with E-state index in [1.807, 2.05) is 0 Å². The first kappa shape index (κ1) is 19.8. The standard InChI is InChI=1S/C20H29N3O4S/c24-20(22-16-9-11-23(12-10-16)17-5-6-17)15-3-7-19(8-4-15)28(25,26)21-14-18-2-1-13-27-18/h3-4,7-8,16-18,21H,1-2,5-6,9-14H2,(H,22,24). The van der Waals surface area contributed by atoms with Crippen molar-refractivity contribution in [2.75, 3.05) is 26.2 Å². The summed E-state index contributed by atoms with van der Waals surface area (Å²) in [6.07, 6.45) is 6.37. The molecular weight excluding hydrogens is 378 g/mol. The monoisotopic (exact) mass is 407 g/mol. The topological polar surface area (TPSA) is 87.7 Å². The van der Waals surface area contributed by atoms with Crippen LogP contribution in [0.1, 0.15) is 48.9 Å². The maximum Gasteiger partial charge on any atom is 0.251 e. The van der Waals surface area contributed by atoms with Gasteiger partial charge < -0.3 is 15.0 Å². The number of hydrogen-bond donors (Lipinski definition) is 2. The molecule has 28 heavy (non-hydrogen) atoms. The average molecular weight is 408 g/mol. The zero-order chi connectivity index (χ0) is 19.6. The molecule has 2 heterocycles. The Balaban J connectivity index is 1.28. The van der Waals surface area contributed by atoms with Crippen molar-refractivity contribution in [2.45, 2.75) is 61.6 Å². The van der Waals surface area contributed by atoms with Crippen molar-refractivity contribution in [3.63, 3.8) is 0 Å². The SMILES string of the molecule is O=C(NC1CCN(C2CC2)CC1)c1ccc(S(=O)(=O)NCC2CCCO2)cc1. The van der Waals surface area contributed by atoms with Crippen LogP contribution < -0.4 is 10.0 Å². The lowest BCUT2D eigenvalue weighted by molar-refractivity contribution is 0.0909. The van der Waals surface area contributed by atoms with E-state index in [2.05, 4.69) is 14.9 Å². The molecule has 1 aliphatic carbocycles. The molecule has 1 atom stereocenters. The van der Waals surface area contributed by atoms with Crippen LogP contribution >= 0.6 is 0 Å². The van der Waals surface area contributed by atoms with Crippen LogP contribution in [0.15, 0.2) is 29.2 Å². The van der Waals surface area contributed by atoms with E-state index in [0.717, 1.165) is 44.8 Å². The largest absolute Gasteiger partial charge is 0.377 e. The number of sulfonamides is 1. The summed E-state index contributed by atoms with van der Waals surface area (Å²) in [5, 5.41) is 3.09. The molecule has 1 aromatic rings. The van der Waals surface area contributed by atoms with Gasteiger partial charge in [0.05, 0.1) is 11.0 Å². The second-order valence-corrected chi connectivity index (χ2v) is 9.79. The van der Waals surface area contributed by atoms with Gasteiger partial charge in [-0.15, -0.1) is 0 Å². The summed E-state index contributed by atoms with van der Waals surface area (Å²) in [5.41, 5.74) is 0.489. The Morgan fingerprint density at radius 2 is 1.79 bits per heavy atom. The van der Waals surface area contributed by atoms with Crippen LogP contribution in [-0.4, -0.2) is 63.7 Å². The maximum absolute atomic E-state index is 12.5. The number of ether oxygens (including phenoxy) is 1. The molecule has 1 amide bonds. The summed E-state index contributed by atoms with van der Waals surface area (Å²) in [4.78, 5) is 15.2. The molecule has 1 aromatic carbocycles. The summed E-state index contributed by atoms with van der Waals surface area (Å²) >= 11 is 0. The van der Waals surface area contributed by atoms with Crippen molar-refractivity contribution in [3.05, 3.63) is 29.8 Å². The smallest absolute Gasteiger partial charge is 0.251 e. The molecule has 0 bridgehead atoms. The molecule has 2 N–H and O–H groups in total. The summed E-state index contributed by atoms with van der Waals surface area (Å²) in [5.74, 6) is -0.138. The molecule has 0 spiro atoms. The molecule has 154 valence electrons. The predicted molar refractivity (Wildman–Crippen MR) is 106 cm³/mol. The van der Waals surface area contributed by atoms with Crippen molar-refractivity contribution < 1.29 is 17.9 Å². The zero-order valence-electron chi connectivity index (χ0n) is 16.1. The van der Waals surface area contributed by atoms with Gasteiger partial charge in [-0.05, 0) is 62.8 Å². The fourth-order valence-electron chi connectivity index (χ4n) is 3.99. The first-order chi connectivity index (χ1) is 13.5. The summed E-state index contributed by atoms with van der Waals surface area (Å²) < 4.78 is 32.9. The van der Waals surface area contributed by atoms with Gasteiger partial charge in [-0.2, -0.15) is 0 Å². The van der Waals surface area contributed by atoms with E-state index in [-0.39, 0.29) is 29.5 Å². The normalized spacial score (nSPS) is 24.4. The van der Waals surface area contributed by atoms with Crippen LogP contribution in [0, 0.1) is 0 Å². The number of rotatable bonds is 7. The number of benzene rings is 1. The van der Waals surface area contributed by atoms with Gasteiger partial charge in [-0.1, -0.05) is 0 Å². The average Bonchev–Trinajstić information content (AvgIpc) is 3.42. The number of carbonyl (C=O) groups excluding carboxylic acids is 1. The van der Waals surface area contributed by atoms with Crippen LogP contribution in [0.3, 0.4) is 0 Å². The quantitative estimate of drug-likeness (QED) is 0.715. The van der Waals surface area contributed by atoms with Crippen LogP contribution in [0.4, 0.5) is 0 Å². The number of hydrogen-bond acceptors (Lipinski definition) is 5. The summed E-state index contributed by atoms with van der Waals surface area (Å²) in [6, 6.07) is 7.11. The summed E-state index contributed by atoms with van der Waals surface area (Å²) in [6.45, 7) is 3.06. The van der Waals surface area contributed by atoms with Crippen LogP contribution in [0.2, 0.25) is 0 Å². The molecule has 1 unspecified atom stereocenters. The highest BCUT2D eigenvalue weighted by atomic mass is 32.2. The van der Waals surface area contributed by atoms with Crippen molar-refractivity contribution in [1.29, 1.82) is 0 Å². The van der Waals surface area contributed by atoms with Crippen LogP contribution in [0.5, 0.6) is 0 Å². The van der Waals surface area contributed by atoms with Gasteiger partial charge in [0.25, 0.3) is 5.91 Å². The van der Waals surface area contributed by atoms with Gasteiger partial charge in [-0.25, -0.2) is 13.1 Å². The minimum absolute atomic E-state index is 0.0499. The summed E-state index contributed by atoms with van der Waals surface area (Å²) in [7, 11) is -3.59. The Morgan fingerprint density at radius 1 is 1.07 bits per heavy atom. The minimum Gasteiger partial charge on any atom is -0.377 e. The van der Waals surface area contributed by atoms with Crippen molar-refractivity contribution in [2.24, 2.45) is 0 Å². The van der Waals surface area contributed by atoms with Gasteiger partial charge in [0.15, 0.2) is 0 Å². The van der Waals surface area contributed by atoms with E-state index in [4.69, 9.17) is 4.74 Å². The molecule has 4 rings (SSSR count). The zero-order valence-corrected chi connectivity index (χ0v) is 16.9. The van der Waals surface area contributed by atoms with Gasteiger partial charge in [0.1, 0.15) is 0 Å². The third-order valence-corrected chi connectivity index (χ3v) is 7.32. The third kappa shape index (κ3) is 4.92. The fraction of sp³-hybridized carbons (Fsp3) is 0.650. The Labute approximate surface area is 166 Å². The van der Waals surface area contributed by atoms with E-state index in [9.17, 15) is 13.2 Å². The van der Waals surface area contributed by atoms with E-state index in [1.165, 1.54) is 25.0 Å². The molecule has 1 saturated carbocycles. The number of amides is 1. The molecule has 3 aliphatic rings. The van der Waals surface area contributed by atoms with E-state index in [1.54, 1.807) is 12.1 Å². The Kier molecular flexibility index (Phi) is 6.01. The number of nitrogens with zero attached hydrogens (tertiary/aromatic N) is 1. The van der Waals surface area contributed by atoms with E-state index in [0.29, 0.717) is 12.2 Å². The van der Waals surface area contributed by atoms with E-state index < -0.39 is 10.0 Å². The second-order valence-electron chi connectivity index (χ2n) is 8.03. The predicted octanol–water partition coefficient (Wildman–Crippen LogP) is 1.50. The number of nitrogens with one attached hydrogen (secondary N) is 2. The van der Waals surface area contributed by atoms with Gasteiger partial charge in [-0.3, -0.25) is 4.79 Å². The molecule has 0 aromatic heterocycles. The minimum atomic E-state index is -3.59. The van der Waals surface area contributed by atoms with Gasteiger partial charge >= 0.3 is 0 Å². The van der Waals surface area contributed by atoms with Gasteiger partial charge in [0, 0.05) is 43.9 Å². The van der Waals surface area contributed by atoms with Gasteiger partial charge in [0.2, 0.25) is 10.0 Å². The maximum atomic E-state index is 12.5. The lowest BCUT2D eigenvalue weighted by atomic mass is 10.0. The highest BCUT2D eigenvalue weighted by molar-refractivity contribution is 7.89. The van der Waals surface area contributed by atoms with Crippen molar-refractivity contribution >= 4 is 15.9 Å². The van der Waals surface area contributed by atoms with E-state index >= 15 is 0 Å². The molecule has 2 aliphatic heterocycles. The van der Waals surface area contributed by atoms with Crippen LogP contribution in [0.25, 0.3) is 0 Å².